The van der Waals surface area contributed by atoms with Crippen molar-refractivity contribution < 1.29 is 4.42 Å². The number of furan rings is 1. The molecule has 5 heterocycles. The summed E-state index contributed by atoms with van der Waals surface area (Å²) in [5, 5.41) is 2.10. The van der Waals surface area contributed by atoms with Crippen LogP contribution in [-0.2, 0) is 25.7 Å². The van der Waals surface area contributed by atoms with Crippen molar-refractivity contribution in [3.8, 4) is 78.3 Å². The van der Waals surface area contributed by atoms with Crippen LogP contribution in [0.5, 0.6) is 0 Å². The number of aromatic nitrogens is 4. The highest BCUT2D eigenvalue weighted by Gasteiger charge is 2.20. The molecular weight excluding hydrogens is 889 g/mol. The number of pyridine rings is 4. The van der Waals surface area contributed by atoms with Crippen LogP contribution in [0.2, 0.25) is 0 Å². The molecule has 0 saturated carbocycles. The van der Waals surface area contributed by atoms with Gasteiger partial charge in [-0.05, 0) is 149 Å². The number of rotatable bonds is 13. The second kappa shape index (κ2) is 20.0. The van der Waals surface area contributed by atoms with Gasteiger partial charge in [0.25, 0.3) is 0 Å². The largest absolute Gasteiger partial charge is 0.452 e. The number of nitrogens with zero attached hydrogens (tertiary/aromatic N) is 4. The van der Waals surface area contributed by atoms with Gasteiger partial charge < -0.3 is 4.42 Å². The van der Waals surface area contributed by atoms with Crippen molar-refractivity contribution in [3.63, 3.8) is 0 Å². The first-order valence-corrected chi connectivity index (χ1v) is 25.2. The first-order chi connectivity index (χ1) is 36.0. The van der Waals surface area contributed by atoms with E-state index in [0.29, 0.717) is 0 Å². The molecule has 5 nitrogen and oxygen atoms in total. The van der Waals surface area contributed by atoms with Gasteiger partial charge in [-0.15, -0.1) is 0 Å². The maximum absolute atomic E-state index is 6.66. The number of aryl methyl sites for hydroxylation is 6. The second-order valence-electron chi connectivity index (χ2n) is 19.0. The third kappa shape index (κ3) is 9.49. The van der Waals surface area contributed by atoms with Gasteiger partial charge >= 0.3 is 0 Å². The Bertz CT molecular complexity index is 3780. The Labute approximate surface area is 426 Å². The predicted octanol–water partition coefficient (Wildman–Crippen LogP) is 17.0. The molecule has 5 aromatic heterocycles. The standard InChI is InChI=1S/C68H52N4O/c1-45-40-63-61-36-39-71-66(68(61)73-67(63)46(2)72-45)56-34-35-60(62(44-56)53-32-30-52(31-33-53)51-12-4-3-5-13-51)59-15-7-6-14-58(59)57-42-49(20-18-47-22-26-54(27-23-47)64-16-8-10-37-69-64)41-50(43-57)21-19-48-24-28-55(29-25-48)65-17-9-11-38-70-65/h3-17,22-44H,18-21H2,1-2H3. The molecule has 7 aromatic carbocycles. The maximum atomic E-state index is 6.66. The molecule has 0 bridgehead atoms. The number of hydrogen-bond donors (Lipinski definition) is 0. The van der Waals surface area contributed by atoms with Gasteiger partial charge in [0.05, 0.1) is 17.1 Å². The Kier molecular flexibility index (Phi) is 12.3. The van der Waals surface area contributed by atoms with Crippen molar-refractivity contribution in [1.82, 2.24) is 19.9 Å². The fourth-order valence-corrected chi connectivity index (χ4v) is 10.4. The molecule has 0 saturated heterocycles. The summed E-state index contributed by atoms with van der Waals surface area (Å²) in [7, 11) is 0. The first kappa shape index (κ1) is 45.1. The minimum Gasteiger partial charge on any atom is -0.452 e. The van der Waals surface area contributed by atoms with Crippen molar-refractivity contribution >= 4 is 21.9 Å². The summed E-state index contributed by atoms with van der Waals surface area (Å²) in [6.45, 7) is 4.05. The van der Waals surface area contributed by atoms with E-state index in [9.17, 15) is 0 Å². The topological polar surface area (TPSA) is 64.7 Å². The third-order valence-electron chi connectivity index (χ3n) is 14.1. The van der Waals surface area contributed by atoms with Gasteiger partial charge in [0.2, 0.25) is 0 Å². The molecule has 0 spiro atoms. The highest BCUT2D eigenvalue weighted by Crippen LogP contribution is 2.43. The summed E-state index contributed by atoms with van der Waals surface area (Å²) in [4.78, 5) is 18.9. The van der Waals surface area contributed by atoms with Gasteiger partial charge in [0.15, 0.2) is 11.2 Å². The van der Waals surface area contributed by atoms with Crippen molar-refractivity contribution in [2.75, 3.05) is 0 Å². The lowest BCUT2D eigenvalue weighted by Crippen LogP contribution is -1.98. The van der Waals surface area contributed by atoms with Gasteiger partial charge in [0, 0.05) is 51.7 Å². The number of benzene rings is 7. The Morgan fingerprint density at radius 2 is 0.863 bits per heavy atom. The molecule has 0 aliphatic heterocycles. The van der Waals surface area contributed by atoms with Crippen molar-refractivity contribution in [3.05, 3.63) is 265 Å². The van der Waals surface area contributed by atoms with Crippen LogP contribution < -0.4 is 0 Å². The van der Waals surface area contributed by atoms with Crippen LogP contribution in [0, 0.1) is 13.8 Å². The summed E-state index contributed by atoms with van der Waals surface area (Å²) >= 11 is 0. The van der Waals surface area contributed by atoms with E-state index in [1.807, 2.05) is 56.7 Å². The molecule has 0 radical (unpaired) electrons. The Hall–Kier alpha value is -9.06. The second-order valence-corrected chi connectivity index (χ2v) is 19.0. The normalized spacial score (nSPS) is 11.4. The third-order valence-corrected chi connectivity index (χ3v) is 14.1. The van der Waals surface area contributed by atoms with Crippen LogP contribution in [0.15, 0.2) is 235 Å². The van der Waals surface area contributed by atoms with Gasteiger partial charge in [-0.3, -0.25) is 19.9 Å². The van der Waals surface area contributed by atoms with Crippen LogP contribution in [0.1, 0.15) is 33.6 Å². The van der Waals surface area contributed by atoms with Gasteiger partial charge in [-0.2, -0.15) is 0 Å². The first-order valence-electron chi connectivity index (χ1n) is 25.2. The molecule has 0 unspecified atom stereocenters. The van der Waals surface area contributed by atoms with Crippen molar-refractivity contribution in [1.29, 1.82) is 0 Å². The van der Waals surface area contributed by atoms with E-state index in [4.69, 9.17) is 14.4 Å². The lowest BCUT2D eigenvalue weighted by molar-refractivity contribution is 0.661. The van der Waals surface area contributed by atoms with E-state index < -0.39 is 0 Å². The Morgan fingerprint density at radius 1 is 0.329 bits per heavy atom. The van der Waals surface area contributed by atoms with Crippen molar-refractivity contribution in [2.45, 2.75) is 39.5 Å². The number of hydrogen-bond acceptors (Lipinski definition) is 5. The zero-order valence-corrected chi connectivity index (χ0v) is 41.0. The highest BCUT2D eigenvalue weighted by molar-refractivity contribution is 6.09. The molecule has 0 fully saturated rings. The SMILES string of the molecule is Cc1cc2c(oc3c(-c4ccc(-c5ccccc5-c5cc(CCc6ccc(-c7ccccn7)cc6)cc(CCc6ccc(-c7ccccn7)cc6)c5)c(-c5ccc(-c6ccccc6)cc5)c4)nccc32)c(C)n1. The Balaban J connectivity index is 0.943. The van der Waals surface area contributed by atoms with Crippen LogP contribution in [-0.4, -0.2) is 19.9 Å². The molecule has 12 aromatic rings. The predicted molar refractivity (Wildman–Crippen MR) is 300 cm³/mol. The molecule has 350 valence electrons. The van der Waals surface area contributed by atoms with E-state index in [2.05, 4.69) is 198 Å². The van der Waals surface area contributed by atoms with E-state index in [-0.39, 0.29) is 0 Å². The Morgan fingerprint density at radius 3 is 1.49 bits per heavy atom. The molecular formula is C68H52N4O. The quantitative estimate of drug-likeness (QED) is 0.115. The van der Waals surface area contributed by atoms with Gasteiger partial charge in [0.1, 0.15) is 5.69 Å². The fraction of sp³-hybridized carbons (Fsp3) is 0.0882. The monoisotopic (exact) mass is 940 g/mol. The summed E-state index contributed by atoms with van der Waals surface area (Å²) in [6, 6.07) is 76.6. The minimum atomic E-state index is 0.768. The molecule has 5 heteroatoms. The zero-order valence-electron chi connectivity index (χ0n) is 41.0. The van der Waals surface area contributed by atoms with E-state index >= 15 is 0 Å². The van der Waals surface area contributed by atoms with E-state index in [1.54, 1.807) is 0 Å². The average molecular weight is 941 g/mol. The van der Waals surface area contributed by atoms with Gasteiger partial charge in [-0.25, -0.2) is 0 Å². The molecule has 0 aliphatic rings. The van der Waals surface area contributed by atoms with E-state index in [1.165, 1.54) is 50.1 Å². The maximum Gasteiger partial charge on any atom is 0.161 e. The molecule has 12 rings (SSSR count). The molecule has 0 aliphatic carbocycles. The van der Waals surface area contributed by atoms with Crippen molar-refractivity contribution in [2.24, 2.45) is 0 Å². The average Bonchev–Trinajstić information content (AvgIpc) is 3.84. The molecule has 0 N–H and O–H groups in total. The summed E-state index contributed by atoms with van der Waals surface area (Å²) in [6.07, 6.45) is 9.27. The molecule has 73 heavy (non-hydrogen) atoms. The fourth-order valence-electron chi connectivity index (χ4n) is 10.4. The minimum absolute atomic E-state index is 0.768. The summed E-state index contributed by atoms with van der Waals surface area (Å²) in [5.74, 6) is 0. The molecule has 0 atom stereocenters. The lowest BCUT2D eigenvalue weighted by Gasteiger charge is -2.18. The van der Waals surface area contributed by atoms with Crippen LogP contribution >= 0.6 is 0 Å². The van der Waals surface area contributed by atoms with Gasteiger partial charge in [-0.1, -0.05) is 170 Å². The lowest BCUT2D eigenvalue weighted by atomic mass is 9.86. The summed E-state index contributed by atoms with van der Waals surface area (Å²) < 4.78 is 6.66. The smallest absolute Gasteiger partial charge is 0.161 e. The summed E-state index contributed by atoms with van der Waals surface area (Å²) in [5.41, 5.74) is 24.0. The van der Waals surface area contributed by atoms with Crippen LogP contribution in [0.4, 0.5) is 0 Å². The van der Waals surface area contributed by atoms with E-state index in [0.717, 1.165) is 109 Å². The highest BCUT2D eigenvalue weighted by atomic mass is 16.3. The molecule has 0 amide bonds. The number of fused-ring (bicyclic) bond motifs is 3. The van der Waals surface area contributed by atoms with Crippen LogP contribution in [0.25, 0.3) is 100 Å². The van der Waals surface area contributed by atoms with Crippen LogP contribution in [0.3, 0.4) is 0 Å². The zero-order chi connectivity index (χ0) is 49.1.